The van der Waals surface area contributed by atoms with Crippen LogP contribution in [0, 0.1) is 0 Å². The van der Waals surface area contributed by atoms with E-state index in [1.807, 2.05) is 0 Å². The molecule has 1 N–H and O–H groups in total. The lowest BCUT2D eigenvalue weighted by Gasteiger charge is -2.38. The van der Waals surface area contributed by atoms with E-state index >= 15 is 0 Å². The Morgan fingerprint density at radius 3 is 3.00 bits per heavy atom. The molecule has 1 atom stereocenters. The molecule has 102 valence electrons. The molecule has 5 nitrogen and oxygen atoms in total. The molecule has 0 bridgehead atoms. The Balaban J connectivity index is 1.97. The van der Waals surface area contributed by atoms with Gasteiger partial charge < -0.3 is 9.63 Å². The summed E-state index contributed by atoms with van der Waals surface area (Å²) < 4.78 is 5.10. The molecular weight excluding hydrogens is 230 g/mol. The molecule has 0 spiro atoms. The van der Waals surface area contributed by atoms with Crippen LogP contribution in [0.5, 0.6) is 0 Å². The van der Waals surface area contributed by atoms with Gasteiger partial charge in [0.25, 0.3) is 0 Å². The number of rotatable bonds is 5. The normalized spacial score (nSPS) is 21.7. The summed E-state index contributed by atoms with van der Waals surface area (Å²) in [7, 11) is 0. The lowest BCUT2D eigenvalue weighted by Crippen LogP contribution is -2.45. The zero-order chi connectivity index (χ0) is 13.0. The number of likely N-dealkylation sites (tertiary alicyclic amines) is 1. The van der Waals surface area contributed by atoms with E-state index in [0.717, 1.165) is 12.2 Å². The highest BCUT2D eigenvalue weighted by molar-refractivity contribution is 4.93. The van der Waals surface area contributed by atoms with Gasteiger partial charge in [-0.05, 0) is 33.2 Å². The second kappa shape index (κ2) is 6.29. The van der Waals surface area contributed by atoms with Crippen LogP contribution >= 0.6 is 0 Å². The number of piperidine rings is 1. The third-order valence-electron chi connectivity index (χ3n) is 3.59. The van der Waals surface area contributed by atoms with Crippen LogP contribution in [0.1, 0.15) is 44.8 Å². The Hall–Kier alpha value is -0.940. The second-order valence-electron chi connectivity index (χ2n) is 5.26. The van der Waals surface area contributed by atoms with Crippen LogP contribution in [0.2, 0.25) is 0 Å². The van der Waals surface area contributed by atoms with E-state index in [9.17, 15) is 0 Å². The van der Waals surface area contributed by atoms with Gasteiger partial charge in [0.05, 0.1) is 13.0 Å². The Morgan fingerprint density at radius 2 is 2.28 bits per heavy atom. The van der Waals surface area contributed by atoms with Crippen molar-refractivity contribution < 1.29 is 9.63 Å². The minimum Gasteiger partial charge on any atom is -0.396 e. The van der Waals surface area contributed by atoms with Gasteiger partial charge in [-0.1, -0.05) is 11.6 Å². The maximum atomic E-state index is 8.83. The Morgan fingerprint density at radius 1 is 1.44 bits per heavy atom. The number of aliphatic hydroxyl groups excluding tert-OH is 1. The van der Waals surface area contributed by atoms with Crippen LogP contribution < -0.4 is 0 Å². The van der Waals surface area contributed by atoms with Crippen molar-refractivity contribution in [2.45, 2.75) is 58.0 Å². The number of aromatic nitrogens is 2. The fraction of sp³-hybridized carbons (Fsp3) is 0.846. The maximum absolute atomic E-state index is 8.83. The zero-order valence-electron chi connectivity index (χ0n) is 11.3. The summed E-state index contributed by atoms with van der Waals surface area (Å²) >= 11 is 0. The molecule has 0 radical (unpaired) electrons. The highest BCUT2D eigenvalue weighted by Crippen LogP contribution is 2.22. The SMILES string of the molecule is CC(C)N1CCCCC1Cc1noc(CCO)n1. The first-order valence-electron chi connectivity index (χ1n) is 6.88. The topological polar surface area (TPSA) is 62.4 Å². The average molecular weight is 253 g/mol. The lowest BCUT2D eigenvalue weighted by molar-refractivity contribution is 0.110. The monoisotopic (exact) mass is 253 g/mol. The van der Waals surface area contributed by atoms with Crippen LogP contribution in [-0.4, -0.2) is 45.4 Å². The average Bonchev–Trinajstić information content (AvgIpc) is 2.77. The summed E-state index contributed by atoms with van der Waals surface area (Å²) in [5.74, 6) is 1.32. The fourth-order valence-electron chi connectivity index (χ4n) is 2.70. The number of hydrogen-bond donors (Lipinski definition) is 1. The van der Waals surface area contributed by atoms with Crippen LogP contribution in [-0.2, 0) is 12.8 Å². The predicted octanol–water partition coefficient (Wildman–Crippen LogP) is 1.41. The summed E-state index contributed by atoms with van der Waals surface area (Å²) in [6.45, 7) is 5.71. The highest BCUT2D eigenvalue weighted by Gasteiger charge is 2.26. The van der Waals surface area contributed by atoms with Gasteiger partial charge in [-0.25, -0.2) is 0 Å². The van der Waals surface area contributed by atoms with Crippen molar-refractivity contribution in [3.05, 3.63) is 11.7 Å². The molecule has 18 heavy (non-hydrogen) atoms. The molecule has 0 saturated carbocycles. The van der Waals surface area contributed by atoms with Gasteiger partial charge in [0.2, 0.25) is 5.89 Å². The van der Waals surface area contributed by atoms with E-state index in [1.165, 1.54) is 25.8 Å². The molecule has 2 rings (SSSR count). The maximum Gasteiger partial charge on any atom is 0.228 e. The lowest BCUT2D eigenvalue weighted by atomic mass is 9.97. The van der Waals surface area contributed by atoms with Crippen LogP contribution in [0.4, 0.5) is 0 Å². The van der Waals surface area contributed by atoms with Crippen molar-refractivity contribution in [2.24, 2.45) is 0 Å². The van der Waals surface area contributed by atoms with Gasteiger partial charge in [-0.15, -0.1) is 0 Å². The van der Waals surface area contributed by atoms with Crippen LogP contribution in [0.15, 0.2) is 4.52 Å². The Bertz CT molecular complexity index is 365. The smallest absolute Gasteiger partial charge is 0.228 e. The standard InChI is InChI=1S/C13H23N3O2/c1-10(2)16-7-4-3-5-11(16)9-12-14-13(6-8-17)18-15-12/h10-11,17H,3-9H2,1-2H3. The summed E-state index contributed by atoms with van der Waals surface area (Å²) in [6.07, 6.45) is 5.09. The number of nitrogens with zero attached hydrogens (tertiary/aromatic N) is 3. The van der Waals surface area contributed by atoms with Gasteiger partial charge in [0.15, 0.2) is 5.82 Å². The molecule has 2 heterocycles. The molecule has 1 aliphatic rings. The fourth-order valence-corrected chi connectivity index (χ4v) is 2.70. The van der Waals surface area contributed by atoms with Gasteiger partial charge in [0.1, 0.15) is 0 Å². The molecule has 1 unspecified atom stereocenters. The van der Waals surface area contributed by atoms with Crippen molar-refractivity contribution >= 4 is 0 Å². The summed E-state index contributed by atoms with van der Waals surface area (Å²) in [6, 6.07) is 1.09. The molecule has 1 fully saturated rings. The third-order valence-corrected chi connectivity index (χ3v) is 3.59. The van der Waals surface area contributed by atoms with E-state index in [-0.39, 0.29) is 6.61 Å². The molecule has 5 heteroatoms. The third kappa shape index (κ3) is 3.29. The van der Waals surface area contributed by atoms with Crippen LogP contribution in [0.25, 0.3) is 0 Å². The first kappa shape index (κ1) is 13.5. The molecular formula is C13H23N3O2. The van der Waals surface area contributed by atoms with Crippen LogP contribution in [0.3, 0.4) is 0 Å². The first-order valence-corrected chi connectivity index (χ1v) is 6.88. The molecule has 0 aliphatic carbocycles. The highest BCUT2D eigenvalue weighted by atomic mass is 16.5. The number of hydrogen-bond acceptors (Lipinski definition) is 5. The van der Waals surface area contributed by atoms with E-state index < -0.39 is 0 Å². The van der Waals surface area contributed by atoms with Gasteiger partial charge in [-0.3, -0.25) is 4.90 Å². The number of aliphatic hydroxyl groups is 1. The zero-order valence-corrected chi connectivity index (χ0v) is 11.3. The first-order chi connectivity index (χ1) is 8.70. The van der Waals surface area contributed by atoms with E-state index in [4.69, 9.17) is 9.63 Å². The second-order valence-corrected chi connectivity index (χ2v) is 5.26. The summed E-state index contributed by atoms with van der Waals surface area (Å²) in [5, 5.41) is 12.8. The Labute approximate surface area is 108 Å². The summed E-state index contributed by atoms with van der Waals surface area (Å²) in [5.41, 5.74) is 0. The van der Waals surface area contributed by atoms with Gasteiger partial charge in [-0.2, -0.15) is 4.98 Å². The summed E-state index contributed by atoms with van der Waals surface area (Å²) in [4.78, 5) is 6.86. The van der Waals surface area contributed by atoms with E-state index in [2.05, 4.69) is 28.9 Å². The minimum atomic E-state index is 0.0587. The van der Waals surface area contributed by atoms with Crippen molar-refractivity contribution in [3.8, 4) is 0 Å². The molecule has 1 aliphatic heterocycles. The van der Waals surface area contributed by atoms with Crippen molar-refractivity contribution in [2.75, 3.05) is 13.2 Å². The van der Waals surface area contributed by atoms with Crippen molar-refractivity contribution in [1.82, 2.24) is 15.0 Å². The van der Waals surface area contributed by atoms with Gasteiger partial charge >= 0.3 is 0 Å². The Kier molecular flexibility index (Phi) is 4.72. The van der Waals surface area contributed by atoms with Crippen molar-refractivity contribution in [3.63, 3.8) is 0 Å². The van der Waals surface area contributed by atoms with Crippen molar-refractivity contribution in [1.29, 1.82) is 0 Å². The largest absolute Gasteiger partial charge is 0.396 e. The van der Waals surface area contributed by atoms with E-state index in [0.29, 0.717) is 24.4 Å². The molecule has 1 aromatic rings. The molecule has 0 amide bonds. The predicted molar refractivity (Wildman–Crippen MR) is 68.3 cm³/mol. The molecule has 1 aromatic heterocycles. The van der Waals surface area contributed by atoms with E-state index in [1.54, 1.807) is 0 Å². The quantitative estimate of drug-likeness (QED) is 0.859. The molecule has 0 aromatic carbocycles. The van der Waals surface area contributed by atoms with Gasteiger partial charge in [0, 0.05) is 18.5 Å². The molecule has 1 saturated heterocycles. The minimum absolute atomic E-state index is 0.0587.